The Balaban J connectivity index is 2.50. The molecule has 74 valence electrons. The highest BCUT2D eigenvalue weighted by molar-refractivity contribution is 5.79. The largest absolute Gasteiger partial charge is 0.465 e. The summed E-state index contributed by atoms with van der Waals surface area (Å²) in [6.45, 7) is -0.492. The molecule has 0 unspecified atom stereocenters. The van der Waals surface area contributed by atoms with Crippen molar-refractivity contribution in [3.63, 3.8) is 0 Å². The minimum absolute atomic E-state index is 0.180. The number of rotatable bonds is 2. The van der Waals surface area contributed by atoms with Crippen LogP contribution < -0.4 is 0 Å². The molecule has 0 aromatic heterocycles. The molecule has 0 bridgehead atoms. The lowest BCUT2D eigenvalue weighted by atomic mass is 9.93. The van der Waals surface area contributed by atoms with E-state index in [9.17, 15) is 9.59 Å². The number of hydrogen-bond acceptors (Lipinski definition) is 3. The Morgan fingerprint density at radius 3 is 2.38 bits per heavy atom. The van der Waals surface area contributed by atoms with Gasteiger partial charge in [-0.1, -0.05) is 0 Å². The molecule has 1 fully saturated rings. The zero-order valence-corrected chi connectivity index (χ0v) is 7.27. The van der Waals surface area contributed by atoms with Crippen LogP contribution in [0.1, 0.15) is 25.7 Å². The van der Waals surface area contributed by atoms with E-state index in [2.05, 4.69) is 0 Å². The van der Waals surface area contributed by atoms with Crippen LogP contribution in [-0.2, 0) is 4.79 Å². The lowest BCUT2D eigenvalue weighted by Crippen LogP contribution is -2.42. The van der Waals surface area contributed by atoms with Crippen molar-refractivity contribution in [2.24, 2.45) is 0 Å². The van der Waals surface area contributed by atoms with E-state index in [-0.39, 0.29) is 11.8 Å². The minimum Gasteiger partial charge on any atom is -0.465 e. The first-order valence-electron chi connectivity index (χ1n) is 4.27. The molecule has 0 atom stereocenters. The molecule has 1 amide bonds. The summed E-state index contributed by atoms with van der Waals surface area (Å²) in [6.07, 6.45) is 0.794. The number of amides is 1. The van der Waals surface area contributed by atoms with Crippen LogP contribution in [0.15, 0.2) is 0 Å². The number of aliphatic hydroxyl groups excluding tert-OH is 1. The lowest BCUT2D eigenvalue weighted by molar-refractivity contribution is -0.121. The molecule has 13 heavy (non-hydrogen) atoms. The van der Waals surface area contributed by atoms with Crippen LogP contribution in [0.2, 0.25) is 0 Å². The van der Waals surface area contributed by atoms with Gasteiger partial charge in [-0.2, -0.15) is 0 Å². The lowest BCUT2D eigenvalue weighted by Gasteiger charge is -2.29. The number of carboxylic acid groups (broad SMARTS) is 1. The highest BCUT2D eigenvalue weighted by Gasteiger charge is 2.26. The topological polar surface area (TPSA) is 77.8 Å². The Kier molecular flexibility index (Phi) is 3.25. The Morgan fingerprint density at radius 2 is 2.00 bits per heavy atom. The van der Waals surface area contributed by atoms with Crippen LogP contribution in [-0.4, -0.2) is 39.8 Å². The number of Topliss-reactive ketones (excluding diaryl/α,β-unsaturated/α-hetero) is 1. The molecule has 0 aliphatic heterocycles. The molecule has 1 rings (SSSR count). The van der Waals surface area contributed by atoms with E-state index in [4.69, 9.17) is 10.2 Å². The Bertz CT molecular complexity index is 206. The van der Waals surface area contributed by atoms with Crippen LogP contribution >= 0.6 is 0 Å². The van der Waals surface area contributed by atoms with Crippen LogP contribution in [0.3, 0.4) is 0 Å². The second kappa shape index (κ2) is 4.23. The van der Waals surface area contributed by atoms with Gasteiger partial charge >= 0.3 is 6.09 Å². The van der Waals surface area contributed by atoms with E-state index in [1.165, 1.54) is 0 Å². The van der Waals surface area contributed by atoms with Crippen molar-refractivity contribution in [1.82, 2.24) is 4.90 Å². The average molecular weight is 187 g/mol. The van der Waals surface area contributed by atoms with Crippen LogP contribution in [0.4, 0.5) is 4.79 Å². The zero-order valence-electron chi connectivity index (χ0n) is 7.27. The summed E-state index contributed by atoms with van der Waals surface area (Å²) in [5.74, 6) is 0.180. The summed E-state index contributed by atoms with van der Waals surface area (Å²) in [7, 11) is 0. The molecular formula is C8H13NO4. The summed E-state index contributed by atoms with van der Waals surface area (Å²) < 4.78 is 0. The third-order valence-corrected chi connectivity index (χ3v) is 2.35. The summed E-state index contributed by atoms with van der Waals surface area (Å²) >= 11 is 0. The van der Waals surface area contributed by atoms with Gasteiger partial charge in [-0.05, 0) is 12.8 Å². The molecule has 0 aromatic carbocycles. The predicted octanol–water partition coefficient (Wildman–Crippen LogP) is 0.428. The molecule has 2 N–H and O–H groups in total. The molecule has 5 nitrogen and oxygen atoms in total. The smallest absolute Gasteiger partial charge is 0.409 e. The third-order valence-electron chi connectivity index (χ3n) is 2.35. The summed E-state index contributed by atoms with van der Waals surface area (Å²) in [6, 6.07) is -0.194. The van der Waals surface area contributed by atoms with Gasteiger partial charge in [0.05, 0.1) is 0 Å². The quantitative estimate of drug-likeness (QED) is 0.614. The molecule has 1 aliphatic carbocycles. The second-order valence-electron chi connectivity index (χ2n) is 3.16. The van der Waals surface area contributed by atoms with E-state index < -0.39 is 12.8 Å². The predicted molar refractivity (Wildman–Crippen MR) is 44.2 cm³/mol. The van der Waals surface area contributed by atoms with E-state index in [0.717, 1.165) is 4.90 Å². The van der Waals surface area contributed by atoms with Crippen molar-refractivity contribution < 1.29 is 19.8 Å². The van der Waals surface area contributed by atoms with Crippen LogP contribution in [0.5, 0.6) is 0 Å². The maximum Gasteiger partial charge on any atom is 0.409 e. The molecule has 0 aromatic rings. The summed E-state index contributed by atoms with van der Waals surface area (Å²) in [5, 5.41) is 17.4. The number of nitrogens with zero attached hydrogens (tertiary/aromatic N) is 1. The number of carbonyl (C=O) groups is 2. The summed E-state index contributed by atoms with van der Waals surface area (Å²) in [5.41, 5.74) is 0. The zero-order chi connectivity index (χ0) is 9.84. The van der Waals surface area contributed by atoms with Gasteiger partial charge in [-0.25, -0.2) is 4.79 Å². The van der Waals surface area contributed by atoms with Crippen molar-refractivity contribution in [3.8, 4) is 0 Å². The molecule has 1 aliphatic rings. The normalized spacial score (nSPS) is 18.7. The Morgan fingerprint density at radius 1 is 1.46 bits per heavy atom. The van der Waals surface area contributed by atoms with Crippen molar-refractivity contribution >= 4 is 11.9 Å². The Labute approximate surface area is 76.0 Å². The van der Waals surface area contributed by atoms with Gasteiger partial charge in [0.1, 0.15) is 12.5 Å². The van der Waals surface area contributed by atoms with Gasteiger partial charge in [-0.15, -0.1) is 0 Å². The SMILES string of the molecule is O=C1CCC(N(CO)C(=O)O)CC1. The highest BCUT2D eigenvalue weighted by Crippen LogP contribution is 2.19. The summed E-state index contributed by atoms with van der Waals surface area (Å²) in [4.78, 5) is 22.4. The average Bonchev–Trinajstić information content (AvgIpc) is 2.09. The monoisotopic (exact) mass is 187 g/mol. The minimum atomic E-state index is -1.12. The molecular weight excluding hydrogens is 174 g/mol. The number of ketones is 1. The molecule has 0 heterocycles. The fourth-order valence-electron chi connectivity index (χ4n) is 1.57. The standard InChI is InChI=1S/C8H13NO4/c10-5-9(8(12)13)6-1-3-7(11)4-2-6/h6,10H,1-5H2,(H,12,13). The fourth-order valence-corrected chi connectivity index (χ4v) is 1.57. The van der Waals surface area contributed by atoms with Crippen LogP contribution in [0.25, 0.3) is 0 Å². The maximum atomic E-state index is 10.9. The molecule has 1 saturated carbocycles. The first-order valence-corrected chi connectivity index (χ1v) is 4.27. The van der Waals surface area contributed by atoms with E-state index in [1.807, 2.05) is 0 Å². The van der Waals surface area contributed by atoms with E-state index >= 15 is 0 Å². The van der Waals surface area contributed by atoms with Gasteiger partial charge in [-0.3, -0.25) is 9.69 Å². The first-order chi connectivity index (χ1) is 6.15. The molecule has 0 spiro atoms. The van der Waals surface area contributed by atoms with Gasteiger partial charge in [0.2, 0.25) is 0 Å². The van der Waals surface area contributed by atoms with E-state index in [0.29, 0.717) is 25.7 Å². The number of carbonyl (C=O) groups excluding carboxylic acids is 1. The highest BCUT2D eigenvalue weighted by atomic mass is 16.4. The van der Waals surface area contributed by atoms with Crippen molar-refractivity contribution in [1.29, 1.82) is 0 Å². The van der Waals surface area contributed by atoms with E-state index in [1.54, 1.807) is 0 Å². The molecule has 0 saturated heterocycles. The van der Waals surface area contributed by atoms with Crippen molar-refractivity contribution in [2.45, 2.75) is 31.7 Å². The third kappa shape index (κ3) is 2.42. The second-order valence-corrected chi connectivity index (χ2v) is 3.16. The van der Waals surface area contributed by atoms with Gasteiger partial charge in [0, 0.05) is 18.9 Å². The van der Waals surface area contributed by atoms with Gasteiger partial charge in [0.25, 0.3) is 0 Å². The van der Waals surface area contributed by atoms with Gasteiger partial charge < -0.3 is 10.2 Å². The van der Waals surface area contributed by atoms with Crippen LogP contribution in [0, 0.1) is 0 Å². The number of hydrogen-bond donors (Lipinski definition) is 2. The fraction of sp³-hybridized carbons (Fsp3) is 0.750. The first kappa shape index (κ1) is 9.98. The Hall–Kier alpha value is -1.10. The van der Waals surface area contributed by atoms with Crippen molar-refractivity contribution in [3.05, 3.63) is 0 Å². The maximum absolute atomic E-state index is 10.9. The molecule has 5 heteroatoms. The van der Waals surface area contributed by atoms with Gasteiger partial charge in [0.15, 0.2) is 0 Å². The van der Waals surface area contributed by atoms with Crippen molar-refractivity contribution in [2.75, 3.05) is 6.73 Å². The number of aliphatic hydroxyl groups is 1. The molecule has 0 radical (unpaired) electrons.